The van der Waals surface area contributed by atoms with Gasteiger partial charge >= 0.3 is 0 Å². The van der Waals surface area contributed by atoms with Crippen LogP contribution >= 0.6 is 0 Å². The van der Waals surface area contributed by atoms with Crippen molar-refractivity contribution in [1.29, 1.82) is 0 Å². The van der Waals surface area contributed by atoms with Crippen LogP contribution in [0.4, 0.5) is 0 Å². The summed E-state index contributed by atoms with van der Waals surface area (Å²) in [5.74, 6) is 0.802. The van der Waals surface area contributed by atoms with Crippen LogP contribution < -0.4 is 0 Å². The molecular weight excluding hydrogens is 372 g/mol. The molecule has 1 aromatic carbocycles. The van der Waals surface area contributed by atoms with Crippen LogP contribution in [0.1, 0.15) is 23.9 Å². The van der Waals surface area contributed by atoms with Crippen molar-refractivity contribution < 1.29 is 0 Å². The molecule has 0 unspecified atom stereocenters. The van der Waals surface area contributed by atoms with Crippen LogP contribution in [0.2, 0.25) is 0 Å². The first-order chi connectivity index (χ1) is 14.6. The molecular formula is C24H26N6. The zero-order valence-corrected chi connectivity index (χ0v) is 17.7. The van der Waals surface area contributed by atoms with Gasteiger partial charge in [0, 0.05) is 55.4 Å². The molecule has 0 spiro atoms. The van der Waals surface area contributed by atoms with Gasteiger partial charge in [-0.05, 0) is 50.3 Å². The second-order valence-electron chi connectivity index (χ2n) is 7.58. The minimum absolute atomic E-state index is 0.694. The number of pyridine rings is 1. The Kier molecular flexibility index (Phi) is 5.95. The lowest BCUT2D eigenvalue weighted by Gasteiger charge is -2.11. The maximum absolute atomic E-state index is 4.87. The summed E-state index contributed by atoms with van der Waals surface area (Å²) >= 11 is 0. The smallest absolute Gasteiger partial charge is 0.133 e. The zero-order valence-electron chi connectivity index (χ0n) is 17.7. The molecule has 0 saturated carbocycles. The standard InChI is InChI=1S/C24H26N6/c1-4-30-17-21(24(28-30)20-9-6-11-25-15-20)22-10-12-26-23(27-22)14-18-7-5-8-19(13-18)16-29(2)3/h5-13,15,17H,4,14,16H2,1-3H3. The molecule has 0 aliphatic heterocycles. The maximum atomic E-state index is 4.87. The first kappa shape index (κ1) is 19.9. The predicted octanol–water partition coefficient (Wildman–Crippen LogP) is 4.07. The molecule has 6 heteroatoms. The van der Waals surface area contributed by atoms with Crippen LogP contribution in [0.3, 0.4) is 0 Å². The number of rotatable bonds is 7. The van der Waals surface area contributed by atoms with Crippen molar-refractivity contribution in [1.82, 2.24) is 29.6 Å². The summed E-state index contributed by atoms with van der Waals surface area (Å²) in [5.41, 5.74) is 6.25. The molecule has 6 nitrogen and oxygen atoms in total. The van der Waals surface area contributed by atoms with Crippen LogP contribution in [0.5, 0.6) is 0 Å². The van der Waals surface area contributed by atoms with Gasteiger partial charge in [-0.3, -0.25) is 9.67 Å². The molecule has 0 radical (unpaired) electrons. The van der Waals surface area contributed by atoms with Gasteiger partial charge in [0.2, 0.25) is 0 Å². The Morgan fingerprint density at radius 2 is 1.87 bits per heavy atom. The SMILES string of the molecule is CCn1cc(-c2ccnc(Cc3cccc(CN(C)C)c3)n2)c(-c2cccnc2)n1. The van der Waals surface area contributed by atoms with Crippen LogP contribution in [0.25, 0.3) is 22.5 Å². The third-order valence-corrected chi connectivity index (χ3v) is 4.85. The van der Waals surface area contributed by atoms with Crippen molar-refractivity contribution in [3.8, 4) is 22.5 Å². The third-order valence-electron chi connectivity index (χ3n) is 4.85. The number of benzene rings is 1. The zero-order chi connectivity index (χ0) is 20.9. The van der Waals surface area contributed by atoms with Crippen LogP contribution in [-0.2, 0) is 19.5 Å². The van der Waals surface area contributed by atoms with Crippen molar-refractivity contribution >= 4 is 0 Å². The highest BCUT2D eigenvalue weighted by molar-refractivity contribution is 5.78. The van der Waals surface area contributed by atoms with E-state index < -0.39 is 0 Å². The lowest BCUT2D eigenvalue weighted by Crippen LogP contribution is -2.10. The first-order valence-electron chi connectivity index (χ1n) is 10.1. The maximum Gasteiger partial charge on any atom is 0.133 e. The quantitative estimate of drug-likeness (QED) is 0.470. The van der Waals surface area contributed by atoms with E-state index in [0.29, 0.717) is 6.42 Å². The van der Waals surface area contributed by atoms with E-state index in [0.717, 1.165) is 41.4 Å². The molecule has 3 aromatic heterocycles. The van der Waals surface area contributed by atoms with Crippen molar-refractivity contribution in [3.05, 3.63) is 84.2 Å². The molecule has 152 valence electrons. The third kappa shape index (κ3) is 4.60. The number of nitrogens with zero attached hydrogens (tertiary/aromatic N) is 6. The van der Waals surface area contributed by atoms with Crippen molar-refractivity contribution in [2.75, 3.05) is 14.1 Å². The van der Waals surface area contributed by atoms with Gasteiger partial charge in [0.05, 0.1) is 5.69 Å². The summed E-state index contributed by atoms with van der Waals surface area (Å²) in [6.07, 6.45) is 8.18. The molecule has 30 heavy (non-hydrogen) atoms. The number of aryl methyl sites for hydroxylation is 1. The minimum Gasteiger partial charge on any atom is -0.305 e. The highest BCUT2D eigenvalue weighted by Gasteiger charge is 2.15. The fourth-order valence-electron chi connectivity index (χ4n) is 3.51. The monoisotopic (exact) mass is 398 g/mol. The molecule has 0 amide bonds. The molecule has 0 fully saturated rings. The van der Waals surface area contributed by atoms with Gasteiger partial charge in [-0.25, -0.2) is 9.97 Å². The Labute approximate surface area is 177 Å². The Morgan fingerprint density at radius 1 is 1.00 bits per heavy atom. The molecule has 0 aliphatic carbocycles. The Hall–Kier alpha value is -3.38. The van der Waals surface area contributed by atoms with Crippen LogP contribution in [0, 0.1) is 0 Å². The van der Waals surface area contributed by atoms with Gasteiger partial charge in [0.15, 0.2) is 0 Å². The summed E-state index contributed by atoms with van der Waals surface area (Å²) in [6.45, 7) is 3.79. The molecule has 4 rings (SSSR count). The van der Waals surface area contributed by atoms with E-state index in [-0.39, 0.29) is 0 Å². The van der Waals surface area contributed by atoms with E-state index >= 15 is 0 Å². The molecule has 0 N–H and O–H groups in total. The second-order valence-corrected chi connectivity index (χ2v) is 7.58. The van der Waals surface area contributed by atoms with E-state index in [2.05, 4.69) is 60.2 Å². The lowest BCUT2D eigenvalue weighted by atomic mass is 10.1. The Bertz CT molecular complexity index is 1120. The van der Waals surface area contributed by atoms with E-state index in [1.54, 1.807) is 6.20 Å². The number of hydrogen-bond acceptors (Lipinski definition) is 5. The van der Waals surface area contributed by atoms with Gasteiger partial charge in [-0.2, -0.15) is 5.10 Å². The van der Waals surface area contributed by atoms with Gasteiger partial charge in [0.25, 0.3) is 0 Å². The summed E-state index contributed by atoms with van der Waals surface area (Å²) in [5, 5.41) is 4.74. The highest BCUT2D eigenvalue weighted by Crippen LogP contribution is 2.29. The Balaban J connectivity index is 1.66. The largest absolute Gasteiger partial charge is 0.305 e. The van der Waals surface area contributed by atoms with Crippen molar-refractivity contribution in [3.63, 3.8) is 0 Å². The number of aromatic nitrogens is 5. The van der Waals surface area contributed by atoms with E-state index in [1.165, 1.54) is 11.1 Å². The van der Waals surface area contributed by atoms with E-state index in [4.69, 9.17) is 10.1 Å². The van der Waals surface area contributed by atoms with Gasteiger partial charge in [-0.15, -0.1) is 0 Å². The summed E-state index contributed by atoms with van der Waals surface area (Å²) < 4.78 is 1.93. The average molecular weight is 399 g/mol. The fraction of sp³-hybridized carbons (Fsp3) is 0.250. The molecule has 0 bridgehead atoms. The number of hydrogen-bond donors (Lipinski definition) is 0. The highest BCUT2D eigenvalue weighted by atomic mass is 15.3. The molecule has 4 aromatic rings. The van der Waals surface area contributed by atoms with Crippen molar-refractivity contribution in [2.45, 2.75) is 26.4 Å². The molecule has 3 heterocycles. The summed E-state index contributed by atoms with van der Waals surface area (Å²) in [6, 6.07) is 14.5. The Morgan fingerprint density at radius 3 is 2.63 bits per heavy atom. The lowest BCUT2D eigenvalue weighted by molar-refractivity contribution is 0.402. The van der Waals surface area contributed by atoms with Gasteiger partial charge in [0.1, 0.15) is 11.5 Å². The van der Waals surface area contributed by atoms with Crippen LogP contribution in [0.15, 0.2) is 67.3 Å². The van der Waals surface area contributed by atoms with Crippen molar-refractivity contribution in [2.24, 2.45) is 0 Å². The second kappa shape index (κ2) is 8.97. The van der Waals surface area contributed by atoms with E-state index in [1.807, 2.05) is 41.5 Å². The fourth-order valence-corrected chi connectivity index (χ4v) is 3.51. The molecule has 0 saturated heterocycles. The van der Waals surface area contributed by atoms with Gasteiger partial charge < -0.3 is 4.90 Å². The predicted molar refractivity (Wildman–Crippen MR) is 119 cm³/mol. The van der Waals surface area contributed by atoms with Gasteiger partial charge in [-0.1, -0.05) is 24.3 Å². The summed E-state index contributed by atoms with van der Waals surface area (Å²) in [7, 11) is 4.16. The minimum atomic E-state index is 0.694. The molecule has 0 aliphatic rings. The normalized spacial score (nSPS) is 11.2. The first-order valence-corrected chi connectivity index (χ1v) is 10.1. The van der Waals surface area contributed by atoms with E-state index in [9.17, 15) is 0 Å². The van der Waals surface area contributed by atoms with Crippen LogP contribution in [-0.4, -0.2) is 43.7 Å². The molecule has 0 atom stereocenters. The average Bonchev–Trinajstić information content (AvgIpc) is 3.19. The topological polar surface area (TPSA) is 59.7 Å². The summed E-state index contributed by atoms with van der Waals surface area (Å²) in [4.78, 5) is 15.8.